The molecule has 3 nitrogen and oxygen atoms in total. The van der Waals surface area contributed by atoms with Gasteiger partial charge in [0, 0.05) is 5.56 Å². The minimum atomic E-state index is -0.407. The lowest BCUT2D eigenvalue weighted by atomic mass is 10.00. The predicted molar refractivity (Wildman–Crippen MR) is 62.7 cm³/mol. The van der Waals surface area contributed by atoms with E-state index in [9.17, 15) is 4.79 Å². The molecular formula is C13H17NO2. The normalized spacial score (nSPS) is 15.2. The van der Waals surface area contributed by atoms with Gasteiger partial charge in [0.15, 0.2) is 0 Å². The highest BCUT2D eigenvalue weighted by molar-refractivity contribution is 5.93. The van der Waals surface area contributed by atoms with Crippen molar-refractivity contribution in [3.8, 4) is 5.75 Å². The van der Waals surface area contributed by atoms with Gasteiger partial charge in [-0.25, -0.2) is 0 Å². The summed E-state index contributed by atoms with van der Waals surface area (Å²) >= 11 is 0. The molecule has 86 valence electrons. The topological polar surface area (TPSA) is 52.3 Å². The van der Waals surface area contributed by atoms with Gasteiger partial charge in [0.1, 0.15) is 5.75 Å². The summed E-state index contributed by atoms with van der Waals surface area (Å²) < 4.78 is 5.80. The van der Waals surface area contributed by atoms with Crippen LogP contribution < -0.4 is 10.5 Å². The van der Waals surface area contributed by atoms with E-state index < -0.39 is 5.91 Å². The van der Waals surface area contributed by atoms with E-state index in [1.165, 1.54) is 0 Å². The van der Waals surface area contributed by atoms with Gasteiger partial charge in [0.05, 0.1) is 6.10 Å². The molecule has 0 aromatic heterocycles. The smallest absolute Gasteiger partial charge is 0.248 e. The van der Waals surface area contributed by atoms with Crippen molar-refractivity contribution in [3.05, 3.63) is 29.3 Å². The Bertz CT molecular complexity index is 408. The van der Waals surface area contributed by atoms with Crippen LogP contribution in [0.25, 0.3) is 0 Å². The zero-order chi connectivity index (χ0) is 11.7. The van der Waals surface area contributed by atoms with Gasteiger partial charge in [-0.1, -0.05) is 19.9 Å². The van der Waals surface area contributed by atoms with Gasteiger partial charge >= 0.3 is 0 Å². The first-order valence-corrected chi connectivity index (χ1v) is 5.68. The van der Waals surface area contributed by atoms with Crippen LogP contribution in [-0.4, -0.2) is 12.0 Å². The molecule has 16 heavy (non-hydrogen) atoms. The van der Waals surface area contributed by atoms with Crippen molar-refractivity contribution in [2.45, 2.75) is 38.7 Å². The number of amides is 1. The molecule has 0 unspecified atom stereocenters. The second-order valence-corrected chi connectivity index (χ2v) is 4.59. The van der Waals surface area contributed by atoms with Crippen molar-refractivity contribution in [1.29, 1.82) is 0 Å². The number of primary amides is 1. The molecule has 2 rings (SSSR count). The minimum absolute atomic E-state index is 0.334. The van der Waals surface area contributed by atoms with Crippen LogP contribution in [0.2, 0.25) is 0 Å². The minimum Gasteiger partial charge on any atom is -0.490 e. The maximum Gasteiger partial charge on any atom is 0.248 e. The standard InChI is InChI=1S/C13H17NO2/c1-8(2)11-6-3-9(13(14)15)7-12(11)16-10-4-5-10/h3,6-8,10H,4-5H2,1-2H3,(H2,14,15). The molecular weight excluding hydrogens is 202 g/mol. The van der Waals surface area contributed by atoms with Crippen molar-refractivity contribution >= 4 is 5.91 Å². The van der Waals surface area contributed by atoms with Crippen LogP contribution in [0, 0.1) is 0 Å². The molecule has 1 fully saturated rings. The average molecular weight is 219 g/mol. The third kappa shape index (κ3) is 2.35. The number of ether oxygens (including phenoxy) is 1. The lowest BCUT2D eigenvalue weighted by Crippen LogP contribution is -2.12. The van der Waals surface area contributed by atoms with Gasteiger partial charge < -0.3 is 10.5 Å². The van der Waals surface area contributed by atoms with Crippen LogP contribution in [0.3, 0.4) is 0 Å². The fraction of sp³-hybridized carbons (Fsp3) is 0.462. The van der Waals surface area contributed by atoms with E-state index in [2.05, 4.69) is 13.8 Å². The number of hydrogen-bond donors (Lipinski definition) is 1. The van der Waals surface area contributed by atoms with Gasteiger partial charge in [-0.3, -0.25) is 4.79 Å². The van der Waals surface area contributed by atoms with Crippen molar-refractivity contribution in [3.63, 3.8) is 0 Å². The number of carbonyl (C=O) groups is 1. The number of hydrogen-bond acceptors (Lipinski definition) is 2. The number of carbonyl (C=O) groups excluding carboxylic acids is 1. The first kappa shape index (κ1) is 11.0. The summed E-state index contributed by atoms with van der Waals surface area (Å²) in [6.07, 6.45) is 2.55. The Hall–Kier alpha value is -1.51. The highest BCUT2D eigenvalue weighted by Gasteiger charge is 2.25. The zero-order valence-corrected chi connectivity index (χ0v) is 9.69. The van der Waals surface area contributed by atoms with Crippen LogP contribution in [0.15, 0.2) is 18.2 Å². The van der Waals surface area contributed by atoms with Gasteiger partial charge in [0.25, 0.3) is 0 Å². The van der Waals surface area contributed by atoms with Crippen molar-refractivity contribution in [2.75, 3.05) is 0 Å². The monoisotopic (exact) mass is 219 g/mol. The van der Waals surface area contributed by atoms with Crippen molar-refractivity contribution in [1.82, 2.24) is 0 Å². The van der Waals surface area contributed by atoms with Gasteiger partial charge in [-0.2, -0.15) is 0 Å². The summed E-state index contributed by atoms with van der Waals surface area (Å²) in [7, 11) is 0. The van der Waals surface area contributed by atoms with Gasteiger partial charge in [-0.15, -0.1) is 0 Å². The van der Waals surface area contributed by atoms with E-state index >= 15 is 0 Å². The Morgan fingerprint density at radius 3 is 2.62 bits per heavy atom. The van der Waals surface area contributed by atoms with E-state index in [0.29, 0.717) is 17.6 Å². The van der Waals surface area contributed by atoms with Gasteiger partial charge in [-0.05, 0) is 36.5 Å². The Labute approximate surface area is 95.6 Å². The molecule has 1 aliphatic rings. The van der Waals surface area contributed by atoms with Crippen LogP contribution in [-0.2, 0) is 0 Å². The third-order valence-corrected chi connectivity index (χ3v) is 2.74. The largest absolute Gasteiger partial charge is 0.490 e. The molecule has 0 spiro atoms. The first-order chi connectivity index (χ1) is 7.58. The Kier molecular flexibility index (Phi) is 2.86. The van der Waals surface area contributed by atoms with Crippen molar-refractivity contribution in [2.24, 2.45) is 5.73 Å². The summed E-state index contributed by atoms with van der Waals surface area (Å²) in [6.45, 7) is 4.22. The summed E-state index contributed by atoms with van der Waals surface area (Å²) in [6, 6.07) is 5.45. The highest BCUT2D eigenvalue weighted by atomic mass is 16.5. The second-order valence-electron chi connectivity index (χ2n) is 4.59. The molecule has 1 saturated carbocycles. The first-order valence-electron chi connectivity index (χ1n) is 5.68. The van der Waals surface area contributed by atoms with Crippen LogP contribution >= 0.6 is 0 Å². The highest BCUT2D eigenvalue weighted by Crippen LogP contribution is 2.33. The fourth-order valence-corrected chi connectivity index (χ4v) is 1.63. The van der Waals surface area contributed by atoms with E-state index in [1.807, 2.05) is 6.07 Å². The molecule has 3 heteroatoms. The molecule has 1 aromatic rings. The average Bonchev–Trinajstić information content (AvgIpc) is 3.01. The molecule has 0 heterocycles. The molecule has 0 aliphatic heterocycles. The van der Waals surface area contributed by atoms with Crippen molar-refractivity contribution < 1.29 is 9.53 Å². The summed E-state index contributed by atoms with van der Waals surface area (Å²) in [4.78, 5) is 11.1. The van der Waals surface area contributed by atoms with Gasteiger partial charge in [0.2, 0.25) is 5.91 Å². The van der Waals surface area contributed by atoms with Crippen LogP contribution in [0.5, 0.6) is 5.75 Å². The lowest BCUT2D eigenvalue weighted by molar-refractivity contribution is 0.0999. The second kappa shape index (κ2) is 4.16. The molecule has 0 radical (unpaired) electrons. The zero-order valence-electron chi connectivity index (χ0n) is 9.69. The maximum absolute atomic E-state index is 11.1. The predicted octanol–water partition coefficient (Wildman–Crippen LogP) is 2.45. The molecule has 0 atom stereocenters. The Balaban J connectivity index is 2.33. The van der Waals surface area contributed by atoms with E-state index in [1.54, 1.807) is 12.1 Å². The van der Waals surface area contributed by atoms with Crippen LogP contribution in [0.1, 0.15) is 48.5 Å². The molecule has 1 aromatic carbocycles. The fourth-order valence-electron chi connectivity index (χ4n) is 1.63. The molecule has 1 aliphatic carbocycles. The SMILES string of the molecule is CC(C)c1ccc(C(N)=O)cc1OC1CC1. The third-order valence-electron chi connectivity index (χ3n) is 2.74. The molecule has 0 bridgehead atoms. The Morgan fingerprint density at radius 2 is 2.12 bits per heavy atom. The summed E-state index contributed by atoms with van der Waals surface area (Å²) in [5, 5.41) is 0. The maximum atomic E-state index is 11.1. The lowest BCUT2D eigenvalue weighted by Gasteiger charge is -2.14. The molecule has 0 saturated heterocycles. The molecule has 1 amide bonds. The van der Waals surface area contributed by atoms with E-state index in [-0.39, 0.29) is 0 Å². The number of benzene rings is 1. The number of rotatable bonds is 4. The summed E-state index contributed by atoms with van der Waals surface area (Å²) in [5.74, 6) is 0.792. The van der Waals surface area contributed by atoms with E-state index in [4.69, 9.17) is 10.5 Å². The Morgan fingerprint density at radius 1 is 1.44 bits per heavy atom. The van der Waals surface area contributed by atoms with E-state index in [0.717, 1.165) is 24.2 Å². The number of nitrogens with two attached hydrogens (primary N) is 1. The molecule has 2 N–H and O–H groups in total. The quantitative estimate of drug-likeness (QED) is 0.845. The summed E-state index contributed by atoms with van der Waals surface area (Å²) in [5.41, 5.74) is 6.91. The van der Waals surface area contributed by atoms with Crippen LogP contribution in [0.4, 0.5) is 0 Å².